The van der Waals surface area contributed by atoms with Gasteiger partial charge in [0.05, 0.1) is 0 Å². The molecule has 29 heavy (non-hydrogen) atoms. The zero-order valence-electron chi connectivity index (χ0n) is 15.7. The smallest absolute Gasteiger partial charge is 0.261 e. The Morgan fingerprint density at radius 3 is 2.31 bits per heavy atom. The van der Waals surface area contributed by atoms with Crippen molar-refractivity contribution in [3.8, 4) is 22.6 Å². The van der Waals surface area contributed by atoms with Crippen molar-refractivity contribution < 1.29 is 15.0 Å². The van der Waals surface area contributed by atoms with Crippen molar-refractivity contribution in [1.82, 2.24) is 0 Å². The molecule has 0 saturated carbocycles. The van der Waals surface area contributed by atoms with Gasteiger partial charge in [-0.2, -0.15) is 0 Å². The molecule has 0 aliphatic heterocycles. The van der Waals surface area contributed by atoms with Gasteiger partial charge in [-0.05, 0) is 52.6 Å². The second kappa shape index (κ2) is 7.24. The van der Waals surface area contributed by atoms with Gasteiger partial charge in [0.1, 0.15) is 0 Å². The van der Waals surface area contributed by atoms with Crippen LogP contribution in [0.3, 0.4) is 0 Å². The Balaban J connectivity index is 1.85. The van der Waals surface area contributed by atoms with Crippen molar-refractivity contribution in [2.75, 3.05) is 0 Å². The zero-order chi connectivity index (χ0) is 20.5. The number of rotatable bonds is 3. The van der Waals surface area contributed by atoms with Gasteiger partial charge in [-0.15, -0.1) is 0 Å². The van der Waals surface area contributed by atoms with E-state index in [1.807, 2.05) is 48.5 Å². The number of hydrogen-bond acceptors (Lipinski definition) is 4. The molecule has 0 unspecified atom stereocenters. The Morgan fingerprint density at radius 2 is 1.48 bits per heavy atom. The third kappa shape index (κ3) is 3.36. The van der Waals surface area contributed by atoms with E-state index in [4.69, 9.17) is 0 Å². The summed E-state index contributed by atoms with van der Waals surface area (Å²) in [6.07, 6.45) is 0. The molecular formula is C25H18O4. The maximum Gasteiger partial charge on any atom is 0.261 e. The highest BCUT2D eigenvalue weighted by atomic mass is 16.3. The Hall–Kier alpha value is -3.92. The minimum Gasteiger partial charge on any atom is -0.504 e. The predicted molar refractivity (Wildman–Crippen MR) is 114 cm³/mol. The van der Waals surface area contributed by atoms with Crippen molar-refractivity contribution in [3.05, 3.63) is 106 Å². The number of fused-ring (bicyclic) bond motifs is 1. The van der Waals surface area contributed by atoms with Crippen LogP contribution in [0.2, 0.25) is 0 Å². The first-order valence-electron chi connectivity index (χ1n) is 9.15. The monoisotopic (exact) mass is 382 g/mol. The molecule has 0 bridgehead atoms. The fraction of sp³-hybridized carbons (Fsp3) is 0.0400. The SMILES string of the molecule is Cc1cc(O)c(=O)c(O)cc1C(=O)c1cccc(-c2cccc3ccccc23)c1. The maximum atomic E-state index is 13.1. The summed E-state index contributed by atoms with van der Waals surface area (Å²) in [5, 5.41) is 21.8. The van der Waals surface area contributed by atoms with Crippen molar-refractivity contribution in [2.24, 2.45) is 0 Å². The van der Waals surface area contributed by atoms with Gasteiger partial charge in [0.2, 0.25) is 0 Å². The fourth-order valence-electron chi connectivity index (χ4n) is 3.50. The van der Waals surface area contributed by atoms with Crippen molar-refractivity contribution in [2.45, 2.75) is 6.92 Å². The van der Waals surface area contributed by atoms with Crippen molar-refractivity contribution in [1.29, 1.82) is 0 Å². The topological polar surface area (TPSA) is 74.6 Å². The van der Waals surface area contributed by atoms with Gasteiger partial charge in [-0.25, -0.2) is 0 Å². The minimum absolute atomic E-state index is 0.162. The number of aryl methyl sites for hydroxylation is 1. The number of hydrogen-bond donors (Lipinski definition) is 2. The standard InChI is InChI=1S/C25H18O4/c1-15-12-22(26)25(29)23(27)14-21(15)24(28)18-9-4-8-17(13-18)20-11-5-7-16-6-2-3-10-19(16)20/h2-14H,1H3,(H2,26,27,29). The summed E-state index contributed by atoms with van der Waals surface area (Å²) in [6, 6.07) is 23.6. The molecule has 4 heteroatoms. The molecule has 0 spiro atoms. The van der Waals surface area contributed by atoms with Gasteiger partial charge >= 0.3 is 0 Å². The van der Waals surface area contributed by atoms with Gasteiger partial charge in [0.15, 0.2) is 17.3 Å². The van der Waals surface area contributed by atoms with Crippen molar-refractivity contribution >= 4 is 16.6 Å². The molecule has 0 fully saturated rings. The molecule has 4 nitrogen and oxygen atoms in total. The lowest BCUT2D eigenvalue weighted by atomic mass is 9.94. The first-order chi connectivity index (χ1) is 14.0. The molecule has 4 rings (SSSR count). The van der Waals surface area contributed by atoms with Crippen LogP contribution in [0.4, 0.5) is 0 Å². The summed E-state index contributed by atoms with van der Waals surface area (Å²) in [5.74, 6) is -1.59. The van der Waals surface area contributed by atoms with E-state index in [2.05, 4.69) is 0 Å². The molecule has 0 heterocycles. The first kappa shape index (κ1) is 18.4. The van der Waals surface area contributed by atoms with Gasteiger partial charge in [0, 0.05) is 11.1 Å². The van der Waals surface area contributed by atoms with E-state index in [0.29, 0.717) is 11.1 Å². The van der Waals surface area contributed by atoms with Crippen LogP contribution < -0.4 is 5.43 Å². The van der Waals surface area contributed by atoms with E-state index < -0.39 is 16.9 Å². The summed E-state index contributed by atoms with van der Waals surface area (Å²) in [4.78, 5) is 24.9. The number of benzene rings is 3. The van der Waals surface area contributed by atoms with Crippen LogP contribution in [0.1, 0.15) is 21.5 Å². The molecule has 0 aliphatic carbocycles. The highest BCUT2D eigenvalue weighted by Gasteiger charge is 2.16. The second-order valence-electron chi connectivity index (χ2n) is 6.92. The third-order valence-corrected chi connectivity index (χ3v) is 4.99. The molecule has 0 aliphatic rings. The summed E-state index contributed by atoms with van der Waals surface area (Å²) in [6.45, 7) is 1.61. The van der Waals surface area contributed by atoms with Crippen LogP contribution >= 0.6 is 0 Å². The van der Waals surface area contributed by atoms with E-state index >= 15 is 0 Å². The van der Waals surface area contributed by atoms with E-state index in [1.165, 1.54) is 6.07 Å². The minimum atomic E-state index is -0.906. The lowest BCUT2D eigenvalue weighted by molar-refractivity contribution is 0.103. The fourth-order valence-corrected chi connectivity index (χ4v) is 3.50. The maximum absolute atomic E-state index is 13.1. The average Bonchev–Trinajstić information content (AvgIpc) is 2.84. The summed E-state index contributed by atoms with van der Waals surface area (Å²) in [5.41, 5.74) is 1.99. The molecular weight excluding hydrogens is 364 g/mol. The highest BCUT2D eigenvalue weighted by molar-refractivity contribution is 6.11. The van der Waals surface area contributed by atoms with E-state index in [1.54, 1.807) is 25.1 Å². The van der Waals surface area contributed by atoms with Crippen LogP contribution in [0.15, 0.2) is 83.7 Å². The van der Waals surface area contributed by atoms with Crippen LogP contribution in [-0.4, -0.2) is 16.0 Å². The van der Waals surface area contributed by atoms with E-state index in [-0.39, 0.29) is 11.3 Å². The molecule has 4 aromatic carbocycles. The molecule has 0 aromatic heterocycles. The molecule has 142 valence electrons. The third-order valence-electron chi connectivity index (χ3n) is 4.99. The summed E-state index contributed by atoms with van der Waals surface area (Å²) < 4.78 is 0. The molecule has 0 radical (unpaired) electrons. The Labute approximate surface area is 167 Å². The quantitative estimate of drug-likeness (QED) is 0.498. The molecule has 0 atom stereocenters. The molecule has 4 aromatic rings. The first-order valence-corrected chi connectivity index (χ1v) is 9.15. The normalized spacial score (nSPS) is 10.8. The second-order valence-corrected chi connectivity index (χ2v) is 6.92. The van der Waals surface area contributed by atoms with Gasteiger partial charge in [-0.1, -0.05) is 60.7 Å². The molecule has 0 amide bonds. The largest absolute Gasteiger partial charge is 0.504 e. The summed E-state index contributed by atoms with van der Waals surface area (Å²) in [7, 11) is 0. The number of carbonyl (C=O) groups is 1. The summed E-state index contributed by atoms with van der Waals surface area (Å²) >= 11 is 0. The number of carbonyl (C=O) groups excluding carboxylic acids is 1. The van der Waals surface area contributed by atoms with E-state index in [9.17, 15) is 19.8 Å². The lowest BCUT2D eigenvalue weighted by Crippen LogP contribution is -2.03. The van der Waals surface area contributed by atoms with E-state index in [0.717, 1.165) is 28.0 Å². The van der Waals surface area contributed by atoms with Crippen LogP contribution in [0.5, 0.6) is 11.5 Å². The van der Waals surface area contributed by atoms with Crippen molar-refractivity contribution in [3.63, 3.8) is 0 Å². The molecule has 0 saturated heterocycles. The van der Waals surface area contributed by atoms with Gasteiger partial charge < -0.3 is 10.2 Å². The Bertz CT molecular complexity index is 1320. The molecule has 2 N–H and O–H groups in total. The lowest BCUT2D eigenvalue weighted by Gasteiger charge is -2.09. The number of aromatic hydroxyl groups is 2. The highest BCUT2D eigenvalue weighted by Crippen LogP contribution is 2.30. The average molecular weight is 382 g/mol. The Kier molecular flexibility index (Phi) is 4.61. The van der Waals surface area contributed by atoms with Gasteiger partial charge in [0.25, 0.3) is 5.43 Å². The van der Waals surface area contributed by atoms with Crippen LogP contribution in [-0.2, 0) is 0 Å². The predicted octanol–water partition coefficient (Wildman–Crippen LogP) is 4.82. The number of ketones is 1. The van der Waals surface area contributed by atoms with Crippen LogP contribution in [0, 0.1) is 6.92 Å². The zero-order valence-corrected chi connectivity index (χ0v) is 15.7. The van der Waals surface area contributed by atoms with Gasteiger partial charge in [-0.3, -0.25) is 9.59 Å². The van der Waals surface area contributed by atoms with Crippen LogP contribution in [0.25, 0.3) is 21.9 Å². The Morgan fingerprint density at radius 1 is 0.793 bits per heavy atom.